The summed E-state index contributed by atoms with van der Waals surface area (Å²) in [4.78, 5) is 27.6. The highest BCUT2D eigenvalue weighted by Gasteiger charge is 2.10. The van der Waals surface area contributed by atoms with E-state index in [1.165, 1.54) is 22.9 Å². The van der Waals surface area contributed by atoms with Crippen LogP contribution in [0, 0.1) is 10.1 Å². The predicted molar refractivity (Wildman–Crippen MR) is 128 cm³/mol. The van der Waals surface area contributed by atoms with E-state index in [9.17, 15) is 14.9 Å². The Morgan fingerprint density at radius 3 is 2.65 bits per heavy atom. The molecule has 0 saturated carbocycles. The van der Waals surface area contributed by atoms with Gasteiger partial charge in [0.25, 0.3) is 11.2 Å². The van der Waals surface area contributed by atoms with Crippen molar-refractivity contribution in [2.45, 2.75) is 13.0 Å². The number of benzene rings is 2. The van der Waals surface area contributed by atoms with Gasteiger partial charge in [-0.1, -0.05) is 18.2 Å². The number of aromatic nitrogens is 5. The molecule has 9 heteroatoms. The smallest absolute Gasteiger partial charge is 0.270 e. The number of hydrogen-bond donors (Lipinski definition) is 0. The second-order valence-electron chi connectivity index (χ2n) is 7.99. The topological polar surface area (TPSA) is 109 Å². The Bertz CT molecular complexity index is 1590. The lowest BCUT2D eigenvalue weighted by Gasteiger charge is -2.08. The molecule has 0 aliphatic carbocycles. The molecule has 2 aromatic carbocycles. The summed E-state index contributed by atoms with van der Waals surface area (Å²) in [6.45, 7) is 0.378. The fraction of sp³-hybridized carbons (Fsp3) is 0.120. The molecule has 0 atom stereocenters. The van der Waals surface area contributed by atoms with Crippen LogP contribution in [-0.2, 0) is 20.0 Å². The van der Waals surface area contributed by atoms with E-state index in [4.69, 9.17) is 0 Å². The molecule has 34 heavy (non-hydrogen) atoms. The SMILES string of the molecule is Cn1cc(-c2cnc3ccc(CCn4nc(-c5cccc([N+](=O)[O-])c5)ccc4=O)cc3c2)cn1. The number of non-ortho nitro benzene ring substituents is 1. The number of nitro groups is 1. The first kappa shape index (κ1) is 21.2. The highest BCUT2D eigenvalue weighted by molar-refractivity contribution is 5.83. The molecule has 5 rings (SSSR count). The van der Waals surface area contributed by atoms with Crippen molar-refractivity contribution in [3.8, 4) is 22.4 Å². The molecular formula is C25H20N6O3. The third kappa shape index (κ3) is 4.31. The number of nitrogens with zero attached hydrogens (tertiary/aromatic N) is 6. The van der Waals surface area contributed by atoms with Gasteiger partial charge < -0.3 is 0 Å². The molecule has 0 N–H and O–H groups in total. The Labute approximate surface area is 194 Å². The summed E-state index contributed by atoms with van der Waals surface area (Å²) in [7, 11) is 1.88. The fourth-order valence-corrected chi connectivity index (χ4v) is 3.84. The van der Waals surface area contributed by atoms with Gasteiger partial charge in [-0.25, -0.2) is 4.68 Å². The molecule has 0 saturated heterocycles. The zero-order valence-corrected chi connectivity index (χ0v) is 18.3. The summed E-state index contributed by atoms with van der Waals surface area (Å²) >= 11 is 0. The number of pyridine rings is 1. The standard InChI is InChI=1S/C25H20N6O3/c1-29-16-21(15-27-29)20-12-19-11-17(5-6-23(19)26-14-20)9-10-30-25(32)8-7-24(28-30)18-3-2-4-22(13-18)31(33)34/h2-8,11-16H,9-10H2,1H3. The maximum absolute atomic E-state index is 12.4. The van der Waals surface area contributed by atoms with Crippen LogP contribution < -0.4 is 5.56 Å². The molecule has 0 aliphatic rings. The highest BCUT2D eigenvalue weighted by atomic mass is 16.6. The van der Waals surface area contributed by atoms with E-state index >= 15 is 0 Å². The van der Waals surface area contributed by atoms with Crippen molar-refractivity contribution < 1.29 is 4.92 Å². The molecule has 0 aliphatic heterocycles. The number of rotatable bonds is 6. The molecule has 0 spiro atoms. The van der Waals surface area contributed by atoms with E-state index in [2.05, 4.69) is 27.3 Å². The Balaban J connectivity index is 1.39. The largest absolute Gasteiger partial charge is 0.275 e. The van der Waals surface area contributed by atoms with Crippen LogP contribution in [-0.4, -0.2) is 29.5 Å². The first-order valence-corrected chi connectivity index (χ1v) is 10.7. The van der Waals surface area contributed by atoms with Crippen LogP contribution in [0.15, 0.2) is 84.0 Å². The van der Waals surface area contributed by atoms with Gasteiger partial charge in [0.15, 0.2) is 0 Å². The summed E-state index contributed by atoms with van der Waals surface area (Å²) in [5.74, 6) is 0. The van der Waals surface area contributed by atoms with Gasteiger partial charge in [-0.15, -0.1) is 0 Å². The van der Waals surface area contributed by atoms with Gasteiger partial charge in [-0.05, 0) is 36.2 Å². The van der Waals surface area contributed by atoms with E-state index in [-0.39, 0.29) is 11.2 Å². The molecular weight excluding hydrogens is 432 g/mol. The summed E-state index contributed by atoms with van der Waals surface area (Å²) < 4.78 is 3.14. The van der Waals surface area contributed by atoms with Crippen molar-refractivity contribution in [2.24, 2.45) is 7.05 Å². The highest BCUT2D eigenvalue weighted by Crippen LogP contribution is 2.24. The quantitative estimate of drug-likeness (QED) is 0.284. The van der Waals surface area contributed by atoms with Crippen LogP contribution in [0.25, 0.3) is 33.3 Å². The monoisotopic (exact) mass is 452 g/mol. The molecule has 0 bridgehead atoms. The number of fused-ring (bicyclic) bond motifs is 1. The zero-order chi connectivity index (χ0) is 23.7. The van der Waals surface area contributed by atoms with E-state index in [1.54, 1.807) is 29.1 Å². The molecule has 5 aromatic rings. The number of nitro benzene ring substituents is 1. The first-order valence-electron chi connectivity index (χ1n) is 10.7. The number of aryl methyl sites for hydroxylation is 3. The summed E-state index contributed by atoms with van der Waals surface area (Å²) in [5.41, 5.74) is 4.76. The average molecular weight is 452 g/mol. The molecule has 3 aromatic heterocycles. The van der Waals surface area contributed by atoms with Gasteiger partial charge >= 0.3 is 0 Å². The normalized spacial score (nSPS) is 11.1. The Morgan fingerprint density at radius 2 is 1.85 bits per heavy atom. The van der Waals surface area contributed by atoms with Gasteiger partial charge in [0.05, 0.1) is 22.3 Å². The van der Waals surface area contributed by atoms with Crippen LogP contribution in [0.2, 0.25) is 0 Å². The van der Waals surface area contributed by atoms with Gasteiger partial charge in [-0.2, -0.15) is 10.2 Å². The van der Waals surface area contributed by atoms with Gasteiger partial charge in [0, 0.05) is 66.3 Å². The molecule has 0 unspecified atom stereocenters. The molecule has 3 heterocycles. The van der Waals surface area contributed by atoms with E-state index in [0.29, 0.717) is 24.2 Å². The molecule has 0 radical (unpaired) electrons. The van der Waals surface area contributed by atoms with E-state index in [1.807, 2.05) is 31.6 Å². The molecule has 0 amide bonds. The van der Waals surface area contributed by atoms with E-state index < -0.39 is 4.92 Å². The third-order valence-corrected chi connectivity index (χ3v) is 5.62. The van der Waals surface area contributed by atoms with Crippen LogP contribution >= 0.6 is 0 Å². The number of hydrogen-bond acceptors (Lipinski definition) is 6. The minimum atomic E-state index is -0.451. The zero-order valence-electron chi connectivity index (χ0n) is 18.3. The Hall–Kier alpha value is -4.66. The molecule has 9 nitrogen and oxygen atoms in total. The maximum Gasteiger partial charge on any atom is 0.270 e. The summed E-state index contributed by atoms with van der Waals surface area (Å²) in [6.07, 6.45) is 6.18. The lowest BCUT2D eigenvalue weighted by Crippen LogP contribution is -2.23. The molecule has 0 fully saturated rings. The van der Waals surface area contributed by atoms with Crippen LogP contribution in [0.4, 0.5) is 5.69 Å². The molecule has 168 valence electrons. The van der Waals surface area contributed by atoms with Crippen molar-refractivity contribution in [1.82, 2.24) is 24.5 Å². The first-order chi connectivity index (χ1) is 16.5. The lowest BCUT2D eigenvalue weighted by atomic mass is 10.1. The third-order valence-electron chi connectivity index (χ3n) is 5.62. The van der Waals surface area contributed by atoms with Crippen LogP contribution in [0.1, 0.15) is 5.56 Å². The van der Waals surface area contributed by atoms with Crippen molar-refractivity contribution in [3.05, 3.63) is 105 Å². The van der Waals surface area contributed by atoms with Gasteiger partial charge in [0.1, 0.15) is 0 Å². The van der Waals surface area contributed by atoms with E-state index in [0.717, 1.165) is 27.6 Å². The Kier molecular flexibility index (Phi) is 5.43. The predicted octanol–water partition coefficient (Wildman–Crippen LogP) is 4.01. The van der Waals surface area contributed by atoms with Crippen molar-refractivity contribution >= 4 is 16.6 Å². The van der Waals surface area contributed by atoms with Crippen LogP contribution in [0.5, 0.6) is 0 Å². The second-order valence-corrected chi connectivity index (χ2v) is 7.99. The summed E-state index contributed by atoms with van der Waals surface area (Å²) in [6, 6.07) is 17.3. The van der Waals surface area contributed by atoms with Crippen molar-refractivity contribution in [2.75, 3.05) is 0 Å². The lowest BCUT2D eigenvalue weighted by molar-refractivity contribution is -0.384. The summed E-state index contributed by atoms with van der Waals surface area (Å²) in [5, 5.41) is 20.7. The minimum absolute atomic E-state index is 0.0209. The Morgan fingerprint density at radius 1 is 0.971 bits per heavy atom. The maximum atomic E-state index is 12.4. The second kappa shape index (κ2) is 8.70. The van der Waals surface area contributed by atoms with Gasteiger partial charge in [-0.3, -0.25) is 24.6 Å². The van der Waals surface area contributed by atoms with Crippen molar-refractivity contribution in [3.63, 3.8) is 0 Å². The fourth-order valence-electron chi connectivity index (χ4n) is 3.84. The minimum Gasteiger partial charge on any atom is -0.275 e. The van der Waals surface area contributed by atoms with Crippen molar-refractivity contribution in [1.29, 1.82) is 0 Å². The average Bonchev–Trinajstić information content (AvgIpc) is 3.29. The van der Waals surface area contributed by atoms with Gasteiger partial charge in [0.2, 0.25) is 0 Å². The van der Waals surface area contributed by atoms with Crippen LogP contribution in [0.3, 0.4) is 0 Å².